The summed E-state index contributed by atoms with van der Waals surface area (Å²) in [5, 5.41) is 3.69. The molecule has 0 radical (unpaired) electrons. The quantitative estimate of drug-likeness (QED) is 0.813. The molecule has 1 aliphatic rings. The first-order valence-corrected chi connectivity index (χ1v) is 9.26. The van der Waals surface area contributed by atoms with E-state index in [0.717, 1.165) is 23.2 Å². The van der Waals surface area contributed by atoms with E-state index in [9.17, 15) is 9.59 Å². The molecule has 1 saturated heterocycles. The summed E-state index contributed by atoms with van der Waals surface area (Å²) in [4.78, 5) is 27.2. The van der Waals surface area contributed by atoms with E-state index >= 15 is 0 Å². The van der Waals surface area contributed by atoms with Crippen LogP contribution in [0, 0.1) is 13.8 Å². The monoisotopic (exact) mass is 390 g/mol. The molecule has 2 aromatic rings. The van der Waals surface area contributed by atoms with Crippen LogP contribution >= 0.6 is 23.2 Å². The van der Waals surface area contributed by atoms with E-state index in [1.54, 1.807) is 23.1 Å². The lowest BCUT2D eigenvalue weighted by molar-refractivity contribution is -0.119. The lowest BCUT2D eigenvalue weighted by Crippen LogP contribution is -2.43. The molecular weight excluding hydrogens is 371 g/mol. The first-order valence-electron chi connectivity index (χ1n) is 8.51. The third-order valence-corrected chi connectivity index (χ3v) is 5.31. The number of anilines is 1. The van der Waals surface area contributed by atoms with Crippen LogP contribution in [0.3, 0.4) is 0 Å². The molecule has 1 unspecified atom stereocenters. The van der Waals surface area contributed by atoms with Crippen molar-refractivity contribution in [1.82, 2.24) is 4.90 Å². The molecule has 0 aliphatic carbocycles. The van der Waals surface area contributed by atoms with Gasteiger partial charge in [-0.15, -0.1) is 0 Å². The van der Waals surface area contributed by atoms with Crippen molar-refractivity contribution in [2.24, 2.45) is 0 Å². The van der Waals surface area contributed by atoms with Crippen molar-refractivity contribution >= 4 is 40.7 Å². The molecule has 0 saturated carbocycles. The Kier molecular flexibility index (Phi) is 5.54. The molecule has 136 valence electrons. The number of benzene rings is 2. The van der Waals surface area contributed by atoms with Crippen LogP contribution in [0.2, 0.25) is 10.0 Å². The standard InChI is InChI=1S/C20H20Cl2N2O2/c1-12-5-7-15(10-13(12)2)23-19(25)18-4-3-9-24(18)20(26)16-11-14(21)6-8-17(16)22/h5-8,10-11,18H,3-4,9H2,1-2H3,(H,23,25). The molecule has 2 amide bonds. The molecule has 2 aromatic carbocycles. The SMILES string of the molecule is Cc1ccc(NC(=O)C2CCCN2C(=O)c2cc(Cl)ccc2Cl)cc1C. The fraction of sp³-hybridized carbons (Fsp3) is 0.300. The third-order valence-electron chi connectivity index (χ3n) is 4.75. The maximum absolute atomic E-state index is 12.9. The first-order chi connectivity index (χ1) is 12.4. The highest BCUT2D eigenvalue weighted by Crippen LogP contribution is 2.27. The molecule has 0 aromatic heterocycles. The van der Waals surface area contributed by atoms with Gasteiger partial charge in [-0.1, -0.05) is 29.3 Å². The zero-order valence-corrected chi connectivity index (χ0v) is 16.2. The Balaban J connectivity index is 1.78. The summed E-state index contributed by atoms with van der Waals surface area (Å²) in [6, 6.07) is 10.0. The highest BCUT2D eigenvalue weighted by atomic mass is 35.5. The van der Waals surface area contributed by atoms with Crippen LogP contribution in [0.25, 0.3) is 0 Å². The summed E-state index contributed by atoms with van der Waals surface area (Å²) in [6.07, 6.45) is 1.40. The van der Waals surface area contributed by atoms with Gasteiger partial charge in [-0.05, 0) is 68.1 Å². The molecule has 6 heteroatoms. The normalized spacial score (nSPS) is 16.6. The Morgan fingerprint density at radius 3 is 2.58 bits per heavy atom. The van der Waals surface area contributed by atoms with Gasteiger partial charge in [0.25, 0.3) is 5.91 Å². The maximum Gasteiger partial charge on any atom is 0.256 e. The Morgan fingerprint density at radius 2 is 1.85 bits per heavy atom. The Bertz CT molecular complexity index is 867. The van der Waals surface area contributed by atoms with E-state index < -0.39 is 6.04 Å². The summed E-state index contributed by atoms with van der Waals surface area (Å²) < 4.78 is 0. The molecule has 1 fully saturated rings. The second-order valence-electron chi connectivity index (χ2n) is 6.57. The number of aryl methyl sites for hydroxylation is 2. The van der Waals surface area contributed by atoms with Gasteiger partial charge in [0.1, 0.15) is 6.04 Å². The van der Waals surface area contributed by atoms with Gasteiger partial charge in [-0.2, -0.15) is 0 Å². The van der Waals surface area contributed by atoms with Crippen molar-refractivity contribution in [3.63, 3.8) is 0 Å². The minimum absolute atomic E-state index is 0.183. The number of likely N-dealkylation sites (tertiary alicyclic amines) is 1. The van der Waals surface area contributed by atoms with Crippen molar-refractivity contribution < 1.29 is 9.59 Å². The number of nitrogens with one attached hydrogen (secondary N) is 1. The Morgan fingerprint density at radius 1 is 1.08 bits per heavy atom. The number of rotatable bonds is 3. The van der Waals surface area contributed by atoms with E-state index in [2.05, 4.69) is 5.32 Å². The number of amides is 2. The molecule has 0 bridgehead atoms. The van der Waals surface area contributed by atoms with Crippen LogP contribution in [0.5, 0.6) is 0 Å². The fourth-order valence-electron chi connectivity index (χ4n) is 3.14. The van der Waals surface area contributed by atoms with Crippen molar-refractivity contribution in [3.05, 3.63) is 63.1 Å². The van der Waals surface area contributed by atoms with Gasteiger partial charge in [0.2, 0.25) is 5.91 Å². The van der Waals surface area contributed by atoms with Crippen molar-refractivity contribution in [1.29, 1.82) is 0 Å². The van der Waals surface area contributed by atoms with Gasteiger partial charge in [-0.3, -0.25) is 9.59 Å². The minimum Gasteiger partial charge on any atom is -0.327 e. The van der Waals surface area contributed by atoms with Gasteiger partial charge in [-0.25, -0.2) is 0 Å². The smallest absolute Gasteiger partial charge is 0.256 e. The predicted octanol–water partition coefficient (Wildman–Crippen LogP) is 4.85. The van der Waals surface area contributed by atoms with E-state index in [4.69, 9.17) is 23.2 Å². The summed E-state index contributed by atoms with van der Waals surface area (Å²) in [6.45, 7) is 4.54. The minimum atomic E-state index is -0.515. The summed E-state index contributed by atoms with van der Waals surface area (Å²) in [5.41, 5.74) is 3.33. The predicted molar refractivity (Wildman–Crippen MR) is 105 cm³/mol. The van der Waals surface area contributed by atoms with Gasteiger partial charge >= 0.3 is 0 Å². The lowest BCUT2D eigenvalue weighted by Gasteiger charge is -2.24. The highest BCUT2D eigenvalue weighted by Gasteiger charge is 2.35. The molecule has 1 heterocycles. The second-order valence-corrected chi connectivity index (χ2v) is 7.41. The Labute approximate surface area is 163 Å². The van der Waals surface area contributed by atoms with Gasteiger partial charge in [0.05, 0.1) is 10.6 Å². The van der Waals surface area contributed by atoms with Crippen molar-refractivity contribution in [2.75, 3.05) is 11.9 Å². The number of hydrogen-bond acceptors (Lipinski definition) is 2. The van der Waals surface area contributed by atoms with Gasteiger partial charge in [0.15, 0.2) is 0 Å². The molecule has 0 spiro atoms. The van der Waals surface area contributed by atoms with Crippen LogP contribution in [-0.2, 0) is 4.79 Å². The molecule has 1 atom stereocenters. The molecule has 4 nitrogen and oxygen atoms in total. The average molecular weight is 391 g/mol. The van der Waals surface area contributed by atoms with Gasteiger partial charge < -0.3 is 10.2 Å². The first kappa shape index (κ1) is 18.7. The number of nitrogens with zero attached hydrogens (tertiary/aromatic N) is 1. The highest BCUT2D eigenvalue weighted by molar-refractivity contribution is 6.35. The van der Waals surface area contributed by atoms with Crippen molar-refractivity contribution in [2.45, 2.75) is 32.7 Å². The van der Waals surface area contributed by atoms with E-state index in [1.165, 1.54) is 0 Å². The molecular formula is C20H20Cl2N2O2. The van der Waals surface area contributed by atoms with Crippen LogP contribution in [0.15, 0.2) is 36.4 Å². The van der Waals surface area contributed by atoms with E-state index in [1.807, 2.05) is 32.0 Å². The second kappa shape index (κ2) is 7.68. The van der Waals surface area contributed by atoms with Crippen LogP contribution in [0.1, 0.15) is 34.3 Å². The van der Waals surface area contributed by atoms with Crippen molar-refractivity contribution in [3.8, 4) is 0 Å². The fourth-order valence-corrected chi connectivity index (χ4v) is 3.51. The summed E-state index contributed by atoms with van der Waals surface area (Å²) in [5.74, 6) is -0.451. The van der Waals surface area contributed by atoms with Crippen LogP contribution < -0.4 is 5.32 Å². The molecule has 3 rings (SSSR count). The number of carbonyl (C=O) groups is 2. The number of halogens is 2. The van der Waals surface area contributed by atoms with E-state index in [0.29, 0.717) is 28.6 Å². The number of carbonyl (C=O) groups excluding carboxylic acids is 2. The van der Waals surface area contributed by atoms with Crippen LogP contribution in [-0.4, -0.2) is 29.3 Å². The molecule has 26 heavy (non-hydrogen) atoms. The zero-order chi connectivity index (χ0) is 18.8. The number of hydrogen-bond donors (Lipinski definition) is 1. The maximum atomic E-state index is 12.9. The largest absolute Gasteiger partial charge is 0.327 e. The summed E-state index contributed by atoms with van der Waals surface area (Å²) in [7, 11) is 0. The van der Waals surface area contributed by atoms with Gasteiger partial charge in [0, 0.05) is 17.3 Å². The average Bonchev–Trinajstić information content (AvgIpc) is 3.09. The summed E-state index contributed by atoms with van der Waals surface area (Å²) >= 11 is 12.1. The lowest BCUT2D eigenvalue weighted by atomic mass is 10.1. The molecule has 1 N–H and O–H groups in total. The molecule has 1 aliphatic heterocycles. The van der Waals surface area contributed by atoms with E-state index in [-0.39, 0.29) is 11.8 Å². The third kappa shape index (κ3) is 3.87. The van der Waals surface area contributed by atoms with Crippen LogP contribution in [0.4, 0.5) is 5.69 Å². The Hall–Kier alpha value is -2.04. The zero-order valence-electron chi connectivity index (χ0n) is 14.7. The topological polar surface area (TPSA) is 49.4 Å².